The van der Waals surface area contributed by atoms with Crippen LogP contribution in [-0.4, -0.2) is 18.5 Å². The molecule has 1 fully saturated rings. The van der Waals surface area contributed by atoms with Crippen LogP contribution in [0.25, 0.3) is 0 Å². The van der Waals surface area contributed by atoms with Gasteiger partial charge in [-0.3, -0.25) is 4.79 Å². The largest absolute Gasteiger partial charge is 0.352 e. The van der Waals surface area contributed by atoms with Crippen molar-refractivity contribution in [2.24, 2.45) is 5.73 Å². The zero-order valence-electron chi connectivity index (χ0n) is 10.3. The van der Waals surface area contributed by atoms with E-state index in [0.29, 0.717) is 11.6 Å². The summed E-state index contributed by atoms with van der Waals surface area (Å²) in [5.74, 6) is 0.0813. The van der Waals surface area contributed by atoms with Crippen LogP contribution in [0, 0.1) is 0 Å². The van der Waals surface area contributed by atoms with Gasteiger partial charge in [-0.15, -0.1) is 12.4 Å². The average molecular weight is 289 g/mol. The second-order valence-electron chi connectivity index (χ2n) is 4.70. The number of halogens is 2. The van der Waals surface area contributed by atoms with Gasteiger partial charge in [0, 0.05) is 17.6 Å². The Morgan fingerprint density at radius 3 is 2.44 bits per heavy atom. The highest BCUT2D eigenvalue weighted by atomic mass is 35.5. The van der Waals surface area contributed by atoms with Crippen molar-refractivity contribution in [1.29, 1.82) is 0 Å². The first-order valence-electron chi connectivity index (χ1n) is 5.85. The van der Waals surface area contributed by atoms with Gasteiger partial charge in [0.25, 0.3) is 0 Å². The highest BCUT2D eigenvalue weighted by Gasteiger charge is 2.51. The maximum atomic E-state index is 12.2. The summed E-state index contributed by atoms with van der Waals surface area (Å²) in [6, 6.07) is 7.55. The molecule has 1 atom stereocenters. The summed E-state index contributed by atoms with van der Waals surface area (Å²) in [4.78, 5) is 12.2. The summed E-state index contributed by atoms with van der Waals surface area (Å²) >= 11 is 5.85. The van der Waals surface area contributed by atoms with Crippen LogP contribution in [0.1, 0.15) is 25.3 Å². The number of carbonyl (C=O) groups is 1. The number of carbonyl (C=O) groups excluding carboxylic acids is 1. The Balaban J connectivity index is 0.00000162. The van der Waals surface area contributed by atoms with Gasteiger partial charge in [-0.1, -0.05) is 23.7 Å². The Morgan fingerprint density at radius 1 is 1.44 bits per heavy atom. The minimum absolute atomic E-state index is 0. The van der Waals surface area contributed by atoms with E-state index >= 15 is 0 Å². The van der Waals surface area contributed by atoms with E-state index in [1.54, 1.807) is 0 Å². The van der Waals surface area contributed by atoms with Crippen LogP contribution in [0.5, 0.6) is 0 Å². The van der Waals surface area contributed by atoms with Gasteiger partial charge in [0.1, 0.15) is 0 Å². The number of nitrogens with two attached hydrogens (primary N) is 1. The molecule has 3 nitrogen and oxygen atoms in total. The molecule has 0 heterocycles. The molecule has 5 heteroatoms. The number of benzene rings is 1. The van der Waals surface area contributed by atoms with E-state index in [2.05, 4.69) is 5.32 Å². The van der Waals surface area contributed by atoms with Crippen LogP contribution < -0.4 is 11.1 Å². The molecule has 2 rings (SSSR count). The van der Waals surface area contributed by atoms with Crippen LogP contribution in [0.15, 0.2) is 24.3 Å². The lowest BCUT2D eigenvalue weighted by atomic mass is 9.95. The summed E-state index contributed by atoms with van der Waals surface area (Å²) in [6.45, 7) is 2.37. The first-order chi connectivity index (χ1) is 8.08. The number of amides is 1. The molecule has 1 aromatic rings. The molecule has 0 radical (unpaired) electrons. The zero-order valence-corrected chi connectivity index (χ0v) is 11.9. The molecule has 100 valence electrons. The second kappa shape index (κ2) is 5.91. The van der Waals surface area contributed by atoms with Crippen molar-refractivity contribution in [1.82, 2.24) is 5.32 Å². The topological polar surface area (TPSA) is 55.1 Å². The Kier molecular flexibility index (Phi) is 5.02. The summed E-state index contributed by atoms with van der Waals surface area (Å²) < 4.78 is 0. The van der Waals surface area contributed by atoms with Crippen molar-refractivity contribution in [3.63, 3.8) is 0 Å². The second-order valence-corrected chi connectivity index (χ2v) is 5.14. The van der Waals surface area contributed by atoms with Gasteiger partial charge >= 0.3 is 0 Å². The van der Waals surface area contributed by atoms with E-state index in [1.165, 1.54) is 0 Å². The Labute approximate surface area is 118 Å². The standard InChI is InChI=1S/C13H17ClN2O.ClH/c1-9(8-15)16-12(17)13(6-7-13)10-2-4-11(14)5-3-10;/h2-5,9H,6-8,15H2,1H3,(H,16,17);1H/t9-;/m0./s1. The highest BCUT2D eigenvalue weighted by molar-refractivity contribution is 6.30. The van der Waals surface area contributed by atoms with Gasteiger partial charge in [0.15, 0.2) is 0 Å². The highest BCUT2D eigenvalue weighted by Crippen LogP contribution is 2.48. The van der Waals surface area contributed by atoms with E-state index in [1.807, 2.05) is 31.2 Å². The van der Waals surface area contributed by atoms with Crippen LogP contribution in [-0.2, 0) is 10.2 Å². The van der Waals surface area contributed by atoms with Crippen molar-refractivity contribution in [3.8, 4) is 0 Å². The summed E-state index contributed by atoms with van der Waals surface area (Å²) in [5, 5.41) is 3.64. The minimum Gasteiger partial charge on any atom is -0.352 e. The molecule has 3 N–H and O–H groups in total. The van der Waals surface area contributed by atoms with E-state index in [-0.39, 0.29) is 29.8 Å². The quantitative estimate of drug-likeness (QED) is 0.893. The fourth-order valence-electron chi connectivity index (χ4n) is 1.96. The van der Waals surface area contributed by atoms with E-state index in [9.17, 15) is 4.79 Å². The van der Waals surface area contributed by atoms with Gasteiger partial charge in [-0.25, -0.2) is 0 Å². The summed E-state index contributed by atoms with van der Waals surface area (Å²) in [5.41, 5.74) is 6.22. The molecule has 1 aromatic carbocycles. The van der Waals surface area contributed by atoms with Gasteiger partial charge in [-0.2, -0.15) is 0 Å². The van der Waals surface area contributed by atoms with Gasteiger partial charge < -0.3 is 11.1 Å². The van der Waals surface area contributed by atoms with Crippen molar-refractivity contribution in [2.45, 2.75) is 31.2 Å². The van der Waals surface area contributed by atoms with Gasteiger partial charge in [0.2, 0.25) is 5.91 Å². The van der Waals surface area contributed by atoms with E-state index < -0.39 is 0 Å². The molecule has 18 heavy (non-hydrogen) atoms. The predicted octanol–water partition coefficient (Wildman–Crippen LogP) is 2.26. The van der Waals surface area contributed by atoms with Gasteiger partial charge in [-0.05, 0) is 37.5 Å². The molecule has 0 aromatic heterocycles. The number of rotatable bonds is 4. The Hall–Kier alpha value is -0.770. The summed E-state index contributed by atoms with van der Waals surface area (Å²) in [7, 11) is 0. The zero-order chi connectivity index (χ0) is 12.5. The van der Waals surface area contributed by atoms with Crippen molar-refractivity contribution in [3.05, 3.63) is 34.9 Å². The SMILES string of the molecule is C[C@@H](CN)NC(=O)C1(c2ccc(Cl)cc2)CC1.Cl. The average Bonchev–Trinajstić information content (AvgIpc) is 3.11. The monoisotopic (exact) mass is 288 g/mol. The van der Waals surface area contributed by atoms with Crippen LogP contribution in [0.3, 0.4) is 0 Å². The number of nitrogens with one attached hydrogen (secondary N) is 1. The van der Waals surface area contributed by atoms with E-state index in [4.69, 9.17) is 17.3 Å². The van der Waals surface area contributed by atoms with Crippen LogP contribution >= 0.6 is 24.0 Å². The first-order valence-corrected chi connectivity index (χ1v) is 6.23. The third-order valence-corrected chi connectivity index (χ3v) is 3.56. The Morgan fingerprint density at radius 2 is 2.00 bits per heavy atom. The number of hydrogen-bond acceptors (Lipinski definition) is 2. The summed E-state index contributed by atoms with van der Waals surface area (Å²) in [6.07, 6.45) is 1.80. The predicted molar refractivity (Wildman–Crippen MR) is 76.3 cm³/mol. The first kappa shape index (κ1) is 15.3. The smallest absolute Gasteiger partial charge is 0.230 e. The maximum Gasteiger partial charge on any atom is 0.230 e. The molecule has 0 spiro atoms. The fourth-order valence-corrected chi connectivity index (χ4v) is 2.09. The van der Waals surface area contributed by atoms with Crippen molar-refractivity contribution < 1.29 is 4.79 Å². The molecule has 1 aliphatic carbocycles. The Bertz CT molecular complexity index is 416. The molecule has 0 saturated heterocycles. The normalized spacial score (nSPS) is 17.5. The molecule has 1 aliphatic rings. The maximum absolute atomic E-state index is 12.2. The molecule has 1 saturated carbocycles. The van der Waals surface area contributed by atoms with Crippen molar-refractivity contribution in [2.75, 3.05) is 6.54 Å². The molecule has 1 amide bonds. The number of hydrogen-bond donors (Lipinski definition) is 2. The molecule has 0 bridgehead atoms. The fraction of sp³-hybridized carbons (Fsp3) is 0.462. The lowest BCUT2D eigenvalue weighted by molar-refractivity contribution is -0.124. The van der Waals surface area contributed by atoms with E-state index in [0.717, 1.165) is 18.4 Å². The van der Waals surface area contributed by atoms with Crippen LogP contribution in [0.2, 0.25) is 5.02 Å². The van der Waals surface area contributed by atoms with Crippen molar-refractivity contribution >= 4 is 29.9 Å². The molecule has 0 unspecified atom stereocenters. The lowest BCUT2D eigenvalue weighted by Gasteiger charge is -2.19. The molecule has 0 aliphatic heterocycles. The third kappa shape index (κ3) is 2.97. The van der Waals surface area contributed by atoms with Gasteiger partial charge in [0.05, 0.1) is 5.41 Å². The lowest BCUT2D eigenvalue weighted by Crippen LogP contribution is -2.43. The molecular weight excluding hydrogens is 271 g/mol. The minimum atomic E-state index is -0.339. The third-order valence-electron chi connectivity index (χ3n) is 3.31. The van der Waals surface area contributed by atoms with Crippen LogP contribution in [0.4, 0.5) is 0 Å². The molecular formula is C13H18Cl2N2O.